The van der Waals surface area contributed by atoms with E-state index in [4.69, 9.17) is 56.9 Å². The lowest BCUT2D eigenvalue weighted by Gasteiger charge is -2.17. The maximum absolute atomic E-state index is 12.3. The molecule has 3 amide bonds. The van der Waals surface area contributed by atoms with Crippen molar-refractivity contribution in [1.29, 1.82) is 5.41 Å². The zero-order chi connectivity index (χ0) is 42.0. The molecule has 22 nitrogen and oxygen atoms in total. The summed E-state index contributed by atoms with van der Waals surface area (Å²) in [4.78, 5) is 67.0. The Bertz CT molecular complexity index is 1610. The molecule has 2 unspecified atom stereocenters. The van der Waals surface area contributed by atoms with E-state index in [-0.39, 0.29) is 87.3 Å². The number of aromatic nitrogens is 2. The van der Waals surface area contributed by atoms with E-state index in [1.165, 1.54) is 7.11 Å². The van der Waals surface area contributed by atoms with Gasteiger partial charge >= 0.3 is 24.1 Å². The molecule has 11 N–H and O–H groups in total. The van der Waals surface area contributed by atoms with Gasteiger partial charge in [-0.25, -0.2) is 29.1 Å². The van der Waals surface area contributed by atoms with Gasteiger partial charge in [-0.05, 0) is 56.2 Å². The molecule has 0 bridgehead atoms. The van der Waals surface area contributed by atoms with Gasteiger partial charge < -0.3 is 66.1 Å². The van der Waals surface area contributed by atoms with Crippen LogP contribution in [0.3, 0.4) is 0 Å². The van der Waals surface area contributed by atoms with Gasteiger partial charge in [0, 0.05) is 13.7 Å². The lowest BCUT2D eigenvalue weighted by molar-refractivity contribution is -0.139. The summed E-state index contributed by atoms with van der Waals surface area (Å²) in [6.45, 7) is 1.38. The molecule has 0 saturated heterocycles. The highest BCUT2D eigenvalue weighted by molar-refractivity contribution is 6.31. The third-order valence-corrected chi connectivity index (χ3v) is 7.77. The number of alkyl carbamates (subject to hydrolysis) is 2. The molecule has 1 heterocycles. The standard InChI is InChI=1S/C34H50ClN9O13/c1-52-13-14-53-16-19-56-33(50)40-23(30(46)47)6-4-7-24(31(48)49)41-34(51)57-20-17-54-15-18-55-22-10-8-21(9-11-22)5-2-3-12-39-32(38)44-29(45)25-27(36)43-28(37)26(35)42-25/h8-11,23-24H,2-7,12-20H2,1H3,(H,40,50)(H,41,51)(H,46,47)(H,48,49)(H4,36,37,43)(H3,38,39,44,45). The number of nitrogen functional groups attached to an aromatic ring is 2. The van der Waals surface area contributed by atoms with Crippen molar-refractivity contribution in [2.75, 3.05) is 78.0 Å². The summed E-state index contributed by atoms with van der Waals surface area (Å²) < 4.78 is 30.9. The Hall–Kier alpha value is -5.71. The normalized spacial score (nSPS) is 11.8. The van der Waals surface area contributed by atoms with Crippen LogP contribution in [0.2, 0.25) is 5.15 Å². The molecule has 2 rings (SSSR count). The van der Waals surface area contributed by atoms with Crippen LogP contribution in [0.15, 0.2) is 24.3 Å². The minimum Gasteiger partial charge on any atom is -0.491 e. The van der Waals surface area contributed by atoms with E-state index in [1.54, 1.807) is 0 Å². The van der Waals surface area contributed by atoms with E-state index in [2.05, 4.69) is 31.2 Å². The first-order valence-electron chi connectivity index (χ1n) is 17.7. The van der Waals surface area contributed by atoms with Crippen LogP contribution in [0.4, 0.5) is 21.2 Å². The number of aliphatic carboxylic acids is 2. The van der Waals surface area contributed by atoms with Crippen LogP contribution in [0, 0.1) is 5.41 Å². The summed E-state index contributed by atoms with van der Waals surface area (Å²) in [7, 11) is 1.51. The first kappa shape index (κ1) is 47.4. The third kappa shape index (κ3) is 20.1. The number of anilines is 2. The molecule has 0 aliphatic rings. The zero-order valence-corrected chi connectivity index (χ0v) is 32.1. The van der Waals surface area contributed by atoms with Crippen LogP contribution >= 0.6 is 11.6 Å². The number of carbonyl (C=O) groups is 5. The fourth-order valence-electron chi connectivity index (χ4n) is 4.61. The molecule has 1 aromatic heterocycles. The zero-order valence-electron chi connectivity index (χ0n) is 31.4. The lowest BCUT2D eigenvalue weighted by Crippen LogP contribution is -2.43. The van der Waals surface area contributed by atoms with E-state index in [1.807, 2.05) is 24.3 Å². The average molecular weight is 828 g/mol. The molecule has 316 valence electrons. The molecule has 0 aliphatic heterocycles. The summed E-state index contributed by atoms with van der Waals surface area (Å²) in [6, 6.07) is 4.79. The number of nitrogens with one attached hydrogen (secondary N) is 5. The fourth-order valence-corrected chi connectivity index (χ4v) is 4.73. The maximum Gasteiger partial charge on any atom is 0.407 e. The molecular weight excluding hydrogens is 778 g/mol. The molecule has 1 aromatic carbocycles. The summed E-state index contributed by atoms with van der Waals surface area (Å²) in [5.41, 5.74) is 12.0. The summed E-state index contributed by atoms with van der Waals surface area (Å²) >= 11 is 5.79. The minimum absolute atomic E-state index is 0.0241. The Morgan fingerprint density at radius 1 is 0.772 bits per heavy atom. The van der Waals surface area contributed by atoms with Crippen molar-refractivity contribution in [3.8, 4) is 5.75 Å². The van der Waals surface area contributed by atoms with E-state index < -0.39 is 42.1 Å². The average Bonchev–Trinajstić information content (AvgIpc) is 3.16. The number of rotatable bonds is 27. The number of hydrogen-bond donors (Lipinski definition) is 9. The highest BCUT2D eigenvalue weighted by Crippen LogP contribution is 2.17. The molecule has 2 atom stereocenters. The third-order valence-electron chi connectivity index (χ3n) is 7.49. The molecule has 0 fully saturated rings. The molecular formula is C34H50ClN9O13. The number of methoxy groups -OCH3 is 1. The number of benzene rings is 1. The monoisotopic (exact) mass is 827 g/mol. The van der Waals surface area contributed by atoms with Gasteiger partial charge in [-0.15, -0.1) is 0 Å². The fraction of sp³-hybridized carbons (Fsp3) is 0.529. The SMILES string of the molecule is COCCOCCOC(=O)NC(CCCC(NC(=O)OCCOCCOc1ccc(CCCCNC(=N)NC(=O)c2nc(Cl)c(N)nc2N)cc1)C(=O)O)C(=O)O. The second-order valence-electron chi connectivity index (χ2n) is 11.8. The van der Waals surface area contributed by atoms with Gasteiger partial charge in [-0.1, -0.05) is 23.7 Å². The van der Waals surface area contributed by atoms with Gasteiger partial charge in [-0.2, -0.15) is 0 Å². The van der Waals surface area contributed by atoms with Crippen LogP contribution in [0.1, 0.15) is 48.2 Å². The molecule has 2 aromatic rings. The van der Waals surface area contributed by atoms with Gasteiger partial charge in [0.2, 0.25) is 0 Å². The van der Waals surface area contributed by atoms with Crippen molar-refractivity contribution in [3.05, 3.63) is 40.7 Å². The maximum atomic E-state index is 12.3. The van der Waals surface area contributed by atoms with Gasteiger partial charge in [0.25, 0.3) is 5.91 Å². The van der Waals surface area contributed by atoms with Crippen molar-refractivity contribution in [1.82, 2.24) is 31.2 Å². The molecule has 23 heteroatoms. The number of carbonyl (C=O) groups excluding carboxylic acids is 3. The topological polar surface area (TPSA) is 331 Å². The quantitative estimate of drug-likeness (QED) is 0.0346. The summed E-state index contributed by atoms with van der Waals surface area (Å²) in [5.74, 6) is -3.34. The van der Waals surface area contributed by atoms with Crippen LogP contribution in [-0.2, 0) is 39.7 Å². The van der Waals surface area contributed by atoms with Crippen LogP contribution in [-0.4, -0.2) is 135 Å². The number of guanidine groups is 1. The van der Waals surface area contributed by atoms with Crippen molar-refractivity contribution in [3.63, 3.8) is 0 Å². The number of carboxylic acids is 2. The van der Waals surface area contributed by atoms with Crippen molar-refractivity contribution < 1.29 is 62.6 Å². The Morgan fingerprint density at radius 3 is 1.89 bits per heavy atom. The van der Waals surface area contributed by atoms with Crippen LogP contribution in [0.25, 0.3) is 0 Å². The number of hydrogen-bond acceptors (Lipinski definition) is 16. The molecule has 0 spiro atoms. The highest BCUT2D eigenvalue weighted by Gasteiger charge is 2.24. The van der Waals surface area contributed by atoms with E-state index >= 15 is 0 Å². The Kier molecular flexibility index (Phi) is 22.5. The Balaban J connectivity index is 1.54. The van der Waals surface area contributed by atoms with Crippen molar-refractivity contribution in [2.45, 2.75) is 50.6 Å². The van der Waals surface area contributed by atoms with Gasteiger partial charge in [0.1, 0.15) is 37.7 Å². The predicted octanol–water partition coefficient (Wildman–Crippen LogP) is 1.16. The number of nitrogens with zero attached hydrogens (tertiary/aromatic N) is 2. The number of halogens is 1. The smallest absolute Gasteiger partial charge is 0.407 e. The van der Waals surface area contributed by atoms with Gasteiger partial charge in [0.15, 0.2) is 28.4 Å². The second-order valence-corrected chi connectivity index (χ2v) is 12.2. The Labute approximate surface area is 333 Å². The van der Waals surface area contributed by atoms with Gasteiger partial charge in [0.05, 0.1) is 33.0 Å². The number of unbranched alkanes of at least 4 members (excludes halogenated alkanes) is 1. The van der Waals surface area contributed by atoms with Crippen LogP contribution in [0.5, 0.6) is 5.75 Å². The number of ether oxygens (including phenoxy) is 6. The largest absolute Gasteiger partial charge is 0.491 e. The predicted molar refractivity (Wildman–Crippen MR) is 203 cm³/mol. The summed E-state index contributed by atoms with van der Waals surface area (Å²) in [5, 5.41) is 36.1. The molecule has 0 saturated carbocycles. The first-order chi connectivity index (χ1) is 27.3. The van der Waals surface area contributed by atoms with Crippen molar-refractivity contribution >= 4 is 59.2 Å². The first-order valence-corrected chi connectivity index (χ1v) is 18.1. The minimum atomic E-state index is -1.36. The molecule has 0 radical (unpaired) electrons. The van der Waals surface area contributed by atoms with E-state index in [0.29, 0.717) is 25.5 Å². The molecule has 0 aliphatic carbocycles. The van der Waals surface area contributed by atoms with E-state index in [0.717, 1.165) is 24.8 Å². The van der Waals surface area contributed by atoms with Gasteiger partial charge in [-0.3, -0.25) is 15.5 Å². The number of carboxylic acid groups (broad SMARTS) is 2. The summed E-state index contributed by atoms with van der Waals surface area (Å²) in [6.07, 6.45) is 0.129. The number of aryl methyl sites for hydroxylation is 1. The second kappa shape index (κ2) is 27.0. The van der Waals surface area contributed by atoms with Crippen LogP contribution < -0.4 is 37.5 Å². The lowest BCUT2D eigenvalue weighted by atomic mass is 10.1. The highest BCUT2D eigenvalue weighted by atomic mass is 35.5. The molecule has 57 heavy (non-hydrogen) atoms. The Morgan fingerprint density at radius 2 is 1.33 bits per heavy atom. The van der Waals surface area contributed by atoms with E-state index in [9.17, 15) is 34.2 Å². The number of amides is 3. The number of nitrogens with two attached hydrogens (primary N) is 2. The van der Waals surface area contributed by atoms with Crippen molar-refractivity contribution in [2.24, 2.45) is 0 Å².